The highest BCUT2D eigenvalue weighted by Gasteiger charge is 2.42. The summed E-state index contributed by atoms with van der Waals surface area (Å²) in [5.41, 5.74) is 2.25. The van der Waals surface area contributed by atoms with Crippen LogP contribution in [0, 0.1) is 17.3 Å². The van der Waals surface area contributed by atoms with Gasteiger partial charge in [0, 0.05) is 31.1 Å². The third-order valence-corrected chi connectivity index (χ3v) is 8.40. The molecule has 0 aliphatic carbocycles. The summed E-state index contributed by atoms with van der Waals surface area (Å²) < 4.78 is 5.52. The van der Waals surface area contributed by atoms with Crippen molar-refractivity contribution in [1.82, 2.24) is 9.88 Å². The van der Waals surface area contributed by atoms with Crippen molar-refractivity contribution in [2.45, 2.75) is 65.0 Å². The number of piperidine rings is 4. The molecule has 1 aromatic heterocycles. The van der Waals surface area contributed by atoms with Crippen LogP contribution in [0.25, 0.3) is 10.9 Å². The van der Waals surface area contributed by atoms with Crippen LogP contribution in [0.3, 0.4) is 0 Å². The number of aliphatic hydroxyl groups is 1. The number of nitrogens with zero attached hydrogens (tertiary/aromatic N) is 3. The number of rotatable bonds is 5. The Morgan fingerprint density at radius 3 is 2.78 bits per heavy atom. The highest BCUT2D eigenvalue weighted by molar-refractivity contribution is 5.86. The number of pyridine rings is 1. The van der Waals surface area contributed by atoms with Gasteiger partial charge in [-0.1, -0.05) is 27.2 Å². The number of benzene rings is 1. The van der Waals surface area contributed by atoms with Gasteiger partial charge < -0.3 is 14.7 Å². The Kier molecular flexibility index (Phi) is 5.83. The van der Waals surface area contributed by atoms with Gasteiger partial charge in [-0.15, -0.1) is 0 Å². The fourth-order valence-electron chi connectivity index (χ4n) is 6.55. The second-order valence-corrected chi connectivity index (χ2v) is 11.1. The van der Waals surface area contributed by atoms with Gasteiger partial charge in [0.1, 0.15) is 11.6 Å². The SMILES string of the molecule is CC[C@H]1CN2CC[C@H]1C[C@H]2[C@H](O)c1cc(N2CCCC(C)(C)C2)nc2ccc(OC)cc12. The van der Waals surface area contributed by atoms with Crippen molar-refractivity contribution in [2.75, 3.05) is 38.2 Å². The molecule has 32 heavy (non-hydrogen) atoms. The fourth-order valence-corrected chi connectivity index (χ4v) is 6.55. The quantitative estimate of drug-likeness (QED) is 0.711. The number of fused-ring (bicyclic) bond motifs is 4. The van der Waals surface area contributed by atoms with Crippen molar-refractivity contribution in [3.63, 3.8) is 0 Å². The van der Waals surface area contributed by atoms with Gasteiger partial charge in [0.05, 0.1) is 18.7 Å². The Bertz CT molecular complexity index is 975. The summed E-state index contributed by atoms with van der Waals surface area (Å²) in [6.07, 6.45) is 5.55. The van der Waals surface area contributed by atoms with Gasteiger partial charge in [0.15, 0.2) is 0 Å². The maximum Gasteiger partial charge on any atom is 0.129 e. The van der Waals surface area contributed by atoms with E-state index in [4.69, 9.17) is 9.72 Å². The molecule has 6 rings (SSSR count). The van der Waals surface area contributed by atoms with E-state index in [1.54, 1.807) is 7.11 Å². The molecule has 4 aliphatic heterocycles. The van der Waals surface area contributed by atoms with E-state index in [2.05, 4.69) is 42.7 Å². The van der Waals surface area contributed by atoms with Gasteiger partial charge in [-0.25, -0.2) is 4.98 Å². The average Bonchev–Trinajstić information content (AvgIpc) is 2.82. The number of aliphatic hydroxyl groups excluding tert-OH is 1. The second-order valence-electron chi connectivity index (χ2n) is 11.1. The first-order chi connectivity index (χ1) is 15.4. The van der Waals surface area contributed by atoms with Gasteiger partial charge in [0.2, 0.25) is 0 Å². The van der Waals surface area contributed by atoms with Crippen molar-refractivity contribution in [3.05, 3.63) is 29.8 Å². The molecular weight excluding hydrogens is 398 g/mol. The van der Waals surface area contributed by atoms with Crippen LogP contribution in [0.5, 0.6) is 5.75 Å². The summed E-state index contributed by atoms with van der Waals surface area (Å²) in [5.74, 6) is 3.35. The van der Waals surface area contributed by atoms with E-state index in [1.807, 2.05) is 12.1 Å². The molecular formula is C27H39N3O2. The van der Waals surface area contributed by atoms with E-state index in [9.17, 15) is 5.11 Å². The van der Waals surface area contributed by atoms with Crippen LogP contribution in [-0.4, -0.2) is 54.3 Å². The molecule has 174 valence electrons. The minimum Gasteiger partial charge on any atom is -0.497 e. The van der Waals surface area contributed by atoms with E-state index in [-0.39, 0.29) is 11.5 Å². The number of ether oxygens (including phenoxy) is 1. The number of anilines is 1. The van der Waals surface area contributed by atoms with Gasteiger partial charge in [-0.3, -0.25) is 4.90 Å². The maximum atomic E-state index is 11.8. The first kappa shape index (κ1) is 22.0. The zero-order valence-corrected chi connectivity index (χ0v) is 20.2. The molecule has 2 bridgehead atoms. The molecule has 0 radical (unpaired) electrons. The van der Waals surface area contributed by atoms with E-state index >= 15 is 0 Å². The summed E-state index contributed by atoms with van der Waals surface area (Å²) in [6, 6.07) is 8.44. The second kappa shape index (κ2) is 8.49. The molecule has 2 aromatic rings. The Hall–Kier alpha value is -1.85. The summed E-state index contributed by atoms with van der Waals surface area (Å²) >= 11 is 0. The highest BCUT2D eigenvalue weighted by Crippen LogP contribution is 2.44. The largest absolute Gasteiger partial charge is 0.497 e. The zero-order valence-electron chi connectivity index (χ0n) is 20.2. The molecule has 5 nitrogen and oxygen atoms in total. The topological polar surface area (TPSA) is 48.8 Å². The summed E-state index contributed by atoms with van der Waals surface area (Å²) in [6.45, 7) is 11.3. The molecule has 1 aromatic carbocycles. The Morgan fingerprint density at radius 1 is 1.25 bits per heavy atom. The molecule has 0 saturated carbocycles. The van der Waals surface area contributed by atoms with Crippen LogP contribution in [0.4, 0.5) is 5.82 Å². The molecule has 4 aliphatic rings. The highest BCUT2D eigenvalue weighted by atomic mass is 16.5. The van der Waals surface area contributed by atoms with E-state index < -0.39 is 6.10 Å². The fraction of sp³-hybridized carbons (Fsp3) is 0.667. The van der Waals surface area contributed by atoms with Crippen LogP contribution in [0.1, 0.15) is 64.5 Å². The van der Waals surface area contributed by atoms with Gasteiger partial charge >= 0.3 is 0 Å². The summed E-state index contributed by atoms with van der Waals surface area (Å²) in [4.78, 5) is 10.0. The molecule has 1 unspecified atom stereocenters. The molecule has 1 N–H and O–H groups in total. The lowest BCUT2D eigenvalue weighted by atomic mass is 9.72. The Labute approximate surface area is 192 Å². The van der Waals surface area contributed by atoms with Gasteiger partial charge in [-0.2, -0.15) is 0 Å². The number of methoxy groups -OCH3 is 1. The van der Waals surface area contributed by atoms with Crippen LogP contribution >= 0.6 is 0 Å². The molecule has 5 heterocycles. The van der Waals surface area contributed by atoms with Crippen molar-refractivity contribution >= 4 is 16.7 Å². The van der Waals surface area contributed by atoms with E-state index in [0.29, 0.717) is 0 Å². The lowest BCUT2D eigenvalue weighted by molar-refractivity contribution is -0.0562. The van der Waals surface area contributed by atoms with E-state index in [1.165, 1.54) is 25.7 Å². The third kappa shape index (κ3) is 3.99. The monoisotopic (exact) mass is 437 g/mol. The lowest BCUT2D eigenvalue weighted by Gasteiger charge is -2.51. The summed E-state index contributed by atoms with van der Waals surface area (Å²) in [5, 5.41) is 12.8. The third-order valence-electron chi connectivity index (χ3n) is 8.40. The molecule has 0 amide bonds. The minimum absolute atomic E-state index is 0.194. The normalized spacial score (nSPS) is 30.5. The molecule has 5 atom stereocenters. The first-order valence-electron chi connectivity index (χ1n) is 12.5. The number of hydrogen-bond acceptors (Lipinski definition) is 5. The van der Waals surface area contributed by atoms with Crippen molar-refractivity contribution in [1.29, 1.82) is 0 Å². The van der Waals surface area contributed by atoms with E-state index in [0.717, 1.165) is 72.5 Å². The van der Waals surface area contributed by atoms with Crippen LogP contribution < -0.4 is 9.64 Å². The average molecular weight is 438 g/mol. The predicted octanol–water partition coefficient (Wildman–Crippen LogP) is 5.02. The molecule has 0 spiro atoms. The van der Waals surface area contributed by atoms with Gasteiger partial charge in [0.25, 0.3) is 0 Å². The smallest absolute Gasteiger partial charge is 0.129 e. The Morgan fingerprint density at radius 2 is 2.09 bits per heavy atom. The molecule has 4 fully saturated rings. The number of hydrogen-bond donors (Lipinski definition) is 1. The van der Waals surface area contributed by atoms with Crippen LogP contribution in [0.15, 0.2) is 24.3 Å². The van der Waals surface area contributed by atoms with Crippen LogP contribution in [-0.2, 0) is 0 Å². The van der Waals surface area contributed by atoms with Crippen molar-refractivity contribution < 1.29 is 9.84 Å². The molecule has 5 heteroatoms. The number of aromatic nitrogens is 1. The Balaban J connectivity index is 1.54. The van der Waals surface area contributed by atoms with Gasteiger partial charge in [-0.05, 0) is 79.3 Å². The first-order valence-corrected chi connectivity index (χ1v) is 12.5. The van der Waals surface area contributed by atoms with Crippen molar-refractivity contribution in [2.24, 2.45) is 17.3 Å². The maximum absolute atomic E-state index is 11.8. The minimum atomic E-state index is -0.509. The molecule has 4 saturated heterocycles. The zero-order chi connectivity index (χ0) is 22.5. The van der Waals surface area contributed by atoms with Crippen molar-refractivity contribution in [3.8, 4) is 5.75 Å². The lowest BCUT2D eigenvalue weighted by Crippen LogP contribution is -2.55. The summed E-state index contributed by atoms with van der Waals surface area (Å²) in [7, 11) is 1.70. The standard InChI is InChI=1S/C27H39N3O2/c1-5-18-16-29-12-9-19(18)13-24(29)26(31)22-15-25(30-11-6-10-27(2,3)17-30)28-23-8-7-20(32-4)14-21(22)23/h7-8,14-15,18-19,24,26,31H,5-6,9-13,16-17H2,1-4H3/t18-,19-,24-,26+/m0/s1. The predicted molar refractivity (Wildman–Crippen MR) is 130 cm³/mol. The van der Waals surface area contributed by atoms with Crippen LogP contribution in [0.2, 0.25) is 0 Å².